The van der Waals surface area contributed by atoms with Crippen molar-refractivity contribution in [3.05, 3.63) is 59.7 Å². The van der Waals surface area contributed by atoms with E-state index in [1.54, 1.807) is 0 Å². The zero-order valence-corrected chi connectivity index (χ0v) is 20.3. The Kier molecular flexibility index (Phi) is 10.1. The first-order valence-corrected chi connectivity index (χ1v) is 11.9. The van der Waals surface area contributed by atoms with Crippen molar-refractivity contribution in [2.45, 2.75) is 25.2 Å². The molecule has 0 heterocycles. The van der Waals surface area contributed by atoms with Crippen LogP contribution >= 0.6 is 0 Å². The second-order valence-electron chi connectivity index (χ2n) is 7.42. The number of aliphatic imine (C=N–C) groups is 1. The smallest absolute Gasteiger partial charge is 0.481 e. The molecule has 2 rings (SSSR count). The average Bonchev–Trinajstić information content (AvgIpc) is 2.81. The van der Waals surface area contributed by atoms with Gasteiger partial charge < -0.3 is 26.0 Å². The van der Waals surface area contributed by atoms with Crippen LogP contribution in [0.3, 0.4) is 0 Å². The minimum absolute atomic E-state index is 0.0101. The quantitative estimate of drug-likeness (QED) is 0.0799. The Morgan fingerprint density at radius 3 is 2.26 bits per heavy atom. The first kappa shape index (κ1) is 30.7. The lowest BCUT2D eigenvalue weighted by Gasteiger charge is -2.16. The van der Waals surface area contributed by atoms with Crippen LogP contribution in [-0.2, 0) is 35.9 Å². The van der Waals surface area contributed by atoms with E-state index >= 15 is 0 Å². The number of carbonyl (C=O) groups excluding carboxylic acids is 3. The summed E-state index contributed by atoms with van der Waals surface area (Å²) < 4.78 is 73.7. The predicted octanol–water partition coefficient (Wildman–Crippen LogP) is 0.210. The molecule has 2 aromatic rings. The number of nitrogens with two attached hydrogens (primary N) is 2. The number of carboxylic acids is 1. The summed E-state index contributed by atoms with van der Waals surface area (Å²) in [6, 6.07) is 8.84. The normalized spacial score (nSPS) is 12.2. The second-order valence-corrected chi connectivity index (χ2v) is 8.95. The molecule has 0 aliphatic heterocycles. The maximum atomic E-state index is 12.4. The van der Waals surface area contributed by atoms with Crippen LogP contribution in [0.4, 0.5) is 18.9 Å². The number of ether oxygens (including phenoxy) is 2. The van der Waals surface area contributed by atoms with E-state index in [-0.39, 0.29) is 22.8 Å². The monoisotopic (exact) mass is 575 g/mol. The highest BCUT2D eigenvalue weighted by Crippen LogP contribution is 2.19. The van der Waals surface area contributed by atoms with E-state index in [0.717, 1.165) is 0 Å². The minimum atomic E-state index is -5.58. The number of guanidine groups is 1. The molecular weight excluding hydrogens is 555 g/mol. The minimum Gasteiger partial charge on any atom is -0.481 e. The van der Waals surface area contributed by atoms with Crippen molar-refractivity contribution in [2.75, 3.05) is 0 Å². The molecule has 18 heteroatoms. The molecule has 7 N–H and O–H groups in total. The first-order valence-electron chi connectivity index (χ1n) is 10.4. The SMILES string of the molecule is NC(N)=Nc1ccc(C(=O)Oc2cccc(CNS(=O)(=O)N[C@@H](CC(=O)O)C(=O)OC(=O)C(F)(F)F)c2)cc1. The molecule has 0 saturated carbocycles. The van der Waals surface area contributed by atoms with E-state index in [2.05, 4.69) is 9.73 Å². The van der Waals surface area contributed by atoms with Gasteiger partial charge in [0.05, 0.1) is 17.7 Å². The van der Waals surface area contributed by atoms with Gasteiger partial charge in [0.15, 0.2) is 5.96 Å². The number of carbonyl (C=O) groups is 4. The number of halogens is 3. The van der Waals surface area contributed by atoms with Gasteiger partial charge in [0, 0.05) is 6.54 Å². The number of carboxylic acid groups (broad SMARTS) is 1. The van der Waals surface area contributed by atoms with Gasteiger partial charge in [0.1, 0.15) is 11.8 Å². The highest BCUT2D eigenvalue weighted by atomic mass is 32.2. The van der Waals surface area contributed by atoms with E-state index in [1.165, 1.54) is 53.3 Å². The summed E-state index contributed by atoms with van der Waals surface area (Å²) in [4.78, 5) is 49.7. The summed E-state index contributed by atoms with van der Waals surface area (Å²) in [5.41, 5.74) is 11.3. The number of rotatable bonds is 11. The largest absolute Gasteiger partial charge is 0.491 e. The molecule has 0 radical (unpaired) electrons. The summed E-state index contributed by atoms with van der Waals surface area (Å²) in [6.07, 6.45) is -6.91. The number of nitrogens with zero attached hydrogens (tertiary/aromatic N) is 1. The van der Waals surface area contributed by atoms with Gasteiger partial charge in [-0.3, -0.25) is 4.79 Å². The van der Waals surface area contributed by atoms with Gasteiger partial charge in [-0.1, -0.05) is 12.1 Å². The van der Waals surface area contributed by atoms with Gasteiger partial charge >= 0.3 is 30.1 Å². The van der Waals surface area contributed by atoms with Crippen molar-refractivity contribution in [3.8, 4) is 5.75 Å². The predicted molar refractivity (Wildman–Crippen MR) is 125 cm³/mol. The van der Waals surface area contributed by atoms with Crippen LogP contribution in [0.5, 0.6) is 5.75 Å². The number of hydrogen-bond acceptors (Lipinski definition) is 9. The van der Waals surface area contributed by atoms with Crippen molar-refractivity contribution in [2.24, 2.45) is 16.5 Å². The van der Waals surface area contributed by atoms with Crippen LogP contribution in [0.15, 0.2) is 53.5 Å². The van der Waals surface area contributed by atoms with E-state index in [1.807, 2.05) is 4.72 Å². The molecule has 210 valence electrons. The third-order valence-electron chi connectivity index (χ3n) is 4.32. The maximum absolute atomic E-state index is 12.4. The molecule has 14 nitrogen and oxygen atoms in total. The van der Waals surface area contributed by atoms with Gasteiger partial charge in [-0.2, -0.15) is 31.0 Å². The summed E-state index contributed by atoms with van der Waals surface area (Å²) in [5, 5.41) is 8.84. The van der Waals surface area contributed by atoms with Gasteiger partial charge in [-0.15, -0.1) is 0 Å². The molecule has 0 unspecified atom stereocenters. The van der Waals surface area contributed by atoms with Crippen molar-refractivity contribution < 1.29 is 55.3 Å². The zero-order chi connectivity index (χ0) is 29.4. The van der Waals surface area contributed by atoms with Crippen molar-refractivity contribution in [3.63, 3.8) is 0 Å². The zero-order valence-electron chi connectivity index (χ0n) is 19.5. The lowest BCUT2D eigenvalue weighted by molar-refractivity contribution is -0.202. The Balaban J connectivity index is 2.05. The van der Waals surface area contributed by atoms with Gasteiger partial charge in [0.25, 0.3) is 10.2 Å². The Morgan fingerprint density at radius 1 is 1.05 bits per heavy atom. The van der Waals surface area contributed by atoms with Crippen LogP contribution in [0.1, 0.15) is 22.3 Å². The molecule has 0 aromatic heterocycles. The molecule has 0 spiro atoms. The van der Waals surface area contributed by atoms with Gasteiger partial charge in [-0.05, 0) is 42.0 Å². The lowest BCUT2D eigenvalue weighted by atomic mass is 10.2. The van der Waals surface area contributed by atoms with Crippen LogP contribution in [-0.4, -0.2) is 55.6 Å². The number of benzene rings is 2. The molecule has 1 atom stereocenters. The van der Waals surface area contributed by atoms with Gasteiger partial charge in [0.2, 0.25) is 0 Å². The third-order valence-corrected chi connectivity index (χ3v) is 5.44. The molecule has 0 bridgehead atoms. The standard InChI is InChI=1S/C21H20F3N5O9S/c22-21(23,24)19(34)38-18(33)15(9-16(30)31)29-39(35,36)27-10-11-2-1-3-14(8-11)37-17(32)12-4-6-13(7-5-12)28-20(25)26/h1-8,15,27,29H,9-10H2,(H,30,31)(H4,25,26,28)/t15-/m0/s1. The molecule has 2 aromatic carbocycles. The number of hydrogen-bond donors (Lipinski definition) is 5. The number of aliphatic carboxylic acids is 1. The van der Waals surface area contributed by atoms with Crippen LogP contribution < -0.4 is 25.6 Å². The number of alkyl halides is 3. The summed E-state index contributed by atoms with van der Waals surface area (Å²) >= 11 is 0. The maximum Gasteiger partial charge on any atom is 0.491 e. The van der Waals surface area contributed by atoms with Crippen LogP contribution in [0, 0.1) is 0 Å². The van der Waals surface area contributed by atoms with E-state index in [0.29, 0.717) is 5.69 Å². The molecule has 0 aliphatic carbocycles. The average molecular weight is 575 g/mol. The first-order chi connectivity index (χ1) is 18.1. The fourth-order valence-corrected chi connectivity index (χ4v) is 3.68. The highest BCUT2D eigenvalue weighted by Gasteiger charge is 2.44. The molecule has 39 heavy (non-hydrogen) atoms. The fourth-order valence-electron chi connectivity index (χ4n) is 2.68. The Hall–Kier alpha value is -4.55. The number of esters is 3. The van der Waals surface area contributed by atoms with Crippen LogP contribution in [0.2, 0.25) is 0 Å². The molecular formula is C21H20F3N5O9S. The number of nitrogens with one attached hydrogen (secondary N) is 2. The molecule has 0 aliphatic rings. The molecule has 0 amide bonds. The second kappa shape index (κ2) is 12.8. The Bertz CT molecular complexity index is 1380. The lowest BCUT2D eigenvalue weighted by Crippen LogP contribution is -2.48. The van der Waals surface area contributed by atoms with Crippen LogP contribution in [0.25, 0.3) is 0 Å². The summed E-state index contributed by atoms with van der Waals surface area (Å²) in [5.74, 6) is -7.75. The van der Waals surface area contributed by atoms with Crippen molar-refractivity contribution in [1.29, 1.82) is 0 Å². The fraction of sp³-hybridized carbons (Fsp3) is 0.190. The topological polar surface area (TPSA) is 230 Å². The van der Waals surface area contributed by atoms with E-state index in [9.17, 15) is 40.8 Å². The Labute approximate surface area is 218 Å². The van der Waals surface area contributed by atoms with Gasteiger partial charge in [-0.25, -0.2) is 19.4 Å². The third kappa shape index (κ3) is 10.4. The summed E-state index contributed by atoms with van der Waals surface area (Å²) in [6.45, 7) is -0.496. The molecule has 0 fully saturated rings. The van der Waals surface area contributed by atoms with Crippen molar-refractivity contribution in [1.82, 2.24) is 9.44 Å². The molecule has 0 saturated heterocycles. The van der Waals surface area contributed by atoms with E-state index < -0.39 is 59.3 Å². The van der Waals surface area contributed by atoms with E-state index in [4.69, 9.17) is 21.3 Å². The highest BCUT2D eigenvalue weighted by molar-refractivity contribution is 7.87. The Morgan fingerprint density at radius 2 is 1.69 bits per heavy atom. The summed E-state index contributed by atoms with van der Waals surface area (Å²) in [7, 11) is -4.73. The van der Waals surface area contributed by atoms with Crippen molar-refractivity contribution >= 4 is 45.7 Å².